The maximum atomic E-state index is 13.4. The number of nitrogens with zero attached hydrogens (tertiary/aromatic N) is 4. The number of anilines is 2. The third-order valence-corrected chi connectivity index (χ3v) is 6.20. The Bertz CT molecular complexity index is 1330. The van der Waals surface area contributed by atoms with E-state index in [4.69, 9.17) is 18.7 Å². The van der Waals surface area contributed by atoms with Crippen molar-refractivity contribution >= 4 is 46.4 Å². The van der Waals surface area contributed by atoms with E-state index < -0.39 is 0 Å². The minimum atomic E-state index is -0.331. The van der Waals surface area contributed by atoms with Crippen molar-refractivity contribution < 1.29 is 33.0 Å². The molecule has 1 N–H and O–H groups in total. The van der Waals surface area contributed by atoms with Gasteiger partial charge in [0, 0.05) is 0 Å². The van der Waals surface area contributed by atoms with Gasteiger partial charge in [-0.3, -0.25) is 24.3 Å². The number of benzene rings is 2. The van der Waals surface area contributed by atoms with Crippen molar-refractivity contribution in [1.82, 2.24) is 5.27 Å². The van der Waals surface area contributed by atoms with Crippen molar-refractivity contribution in [1.29, 1.82) is 0 Å². The molecule has 0 atom stereocenters. The first-order valence-electron chi connectivity index (χ1n) is 11.3. The predicted octanol–water partition coefficient (Wildman–Crippen LogP) is 3.12. The molecule has 1 aliphatic rings. The Balaban J connectivity index is 1.61. The molecule has 0 aliphatic carbocycles. The summed E-state index contributed by atoms with van der Waals surface area (Å²) >= 11 is 1.13. The van der Waals surface area contributed by atoms with Crippen LogP contribution in [0.5, 0.6) is 17.2 Å². The third-order valence-electron chi connectivity index (χ3n) is 5.26. The molecule has 2 heterocycles. The molecule has 3 aromatic rings. The van der Waals surface area contributed by atoms with Gasteiger partial charge in [-0.1, -0.05) is 34.6 Å². The molecule has 2 amide bonds. The number of methoxy groups -OCH3 is 3. The number of amides is 2. The van der Waals surface area contributed by atoms with Crippen molar-refractivity contribution in [2.75, 3.05) is 37.3 Å². The summed E-state index contributed by atoms with van der Waals surface area (Å²) in [5.41, 5.74) is 1.46. The van der Waals surface area contributed by atoms with E-state index in [1.807, 2.05) is 25.1 Å². The average Bonchev–Trinajstić information content (AvgIpc) is 3.50. The van der Waals surface area contributed by atoms with Crippen LogP contribution in [0.2, 0.25) is 0 Å². The maximum absolute atomic E-state index is 13.4. The van der Waals surface area contributed by atoms with Crippen molar-refractivity contribution in [2.24, 2.45) is 4.99 Å². The molecule has 12 heteroatoms. The topological polar surface area (TPSA) is 119 Å². The smallest absolute Gasteiger partial charge is 0.302 e. The normalized spacial score (nSPS) is 14.1. The highest BCUT2D eigenvalue weighted by molar-refractivity contribution is 8.14. The Morgan fingerprint density at radius 3 is 2.43 bits per heavy atom. The Hall–Kier alpha value is -4.32. The van der Waals surface area contributed by atoms with Crippen LogP contribution in [0.1, 0.15) is 12.5 Å². The lowest BCUT2D eigenvalue weighted by atomic mass is 10.1. The molecular formula is C25H26N5O6S+. The van der Waals surface area contributed by atoms with Crippen LogP contribution in [0.4, 0.5) is 11.6 Å². The molecule has 0 unspecified atom stereocenters. The molecule has 37 heavy (non-hydrogen) atoms. The van der Waals surface area contributed by atoms with Crippen LogP contribution in [0.3, 0.4) is 0 Å². The van der Waals surface area contributed by atoms with Gasteiger partial charge < -0.3 is 14.2 Å². The summed E-state index contributed by atoms with van der Waals surface area (Å²) in [6.45, 7) is 2.51. The zero-order valence-corrected chi connectivity index (χ0v) is 21.6. The van der Waals surface area contributed by atoms with Gasteiger partial charge in [0.25, 0.3) is 12.1 Å². The molecule has 0 saturated heterocycles. The van der Waals surface area contributed by atoms with E-state index in [1.54, 1.807) is 41.2 Å². The van der Waals surface area contributed by atoms with Gasteiger partial charge >= 0.3 is 5.88 Å². The average molecular weight is 525 g/mol. The molecule has 1 aliphatic heterocycles. The number of para-hydroxylation sites is 1. The second-order valence-electron chi connectivity index (χ2n) is 7.62. The lowest BCUT2D eigenvalue weighted by Gasteiger charge is -2.17. The van der Waals surface area contributed by atoms with Gasteiger partial charge in [-0.05, 0) is 42.8 Å². The molecular weight excluding hydrogens is 498 g/mol. The maximum Gasteiger partial charge on any atom is 0.302 e. The van der Waals surface area contributed by atoms with Crippen LogP contribution >= 0.6 is 11.8 Å². The van der Waals surface area contributed by atoms with Crippen molar-refractivity contribution in [3.63, 3.8) is 0 Å². The van der Waals surface area contributed by atoms with Crippen LogP contribution in [0, 0.1) is 0 Å². The van der Waals surface area contributed by atoms with E-state index in [-0.39, 0.29) is 29.1 Å². The van der Waals surface area contributed by atoms with Crippen LogP contribution in [0.15, 0.2) is 63.9 Å². The molecule has 0 fully saturated rings. The number of carbonyl (C=O) groups excluding carboxylic acids is 2. The van der Waals surface area contributed by atoms with Crippen molar-refractivity contribution in [3.05, 3.63) is 59.9 Å². The first-order chi connectivity index (χ1) is 18.0. The molecule has 11 nitrogen and oxygen atoms in total. The molecule has 2 aromatic carbocycles. The molecule has 0 radical (unpaired) electrons. The van der Waals surface area contributed by atoms with Gasteiger partial charge in [-0.2, -0.15) is 0 Å². The Labute approximate surface area is 217 Å². The first kappa shape index (κ1) is 25.8. The summed E-state index contributed by atoms with van der Waals surface area (Å²) < 4.78 is 22.8. The Morgan fingerprint density at radius 1 is 1.14 bits per heavy atom. The molecule has 192 valence electrons. The van der Waals surface area contributed by atoms with Gasteiger partial charge in [0.15, 0.2) is 23.2 Å². The number of rotatable bonds is 9. The first-order valence-corrected chi connectivity index (χ1v) is 12.2. The lowest BCUT2D eigenvalue weighted by molar-refractivity contribution is -0.759. The number of thioether (sulfide) groups is 1. The van der Waals surface area contributed by atoms with E-state index in [2.05, 4.69) is 15.6 Å². The number of aliphatic imine (C=N–C) groups is 1. The number of aryl methyl sites for hydroxylation is 1. The van der Waals surface area contributed by atoms with Crippen LogP contribution in [-0.4, -0.2) is 49.3 Å². The zero-order valence-electron chi connectivity index (χ0n) is 20.8. The summed E-state index contributed by atoms with van der Waals surface area (Å²) in [6, 6.07) is 12.6. The Kier molecular flexibility index (Phi) is 8.08. The minimum absolute atomic E-state index is 0.000264. The minimum Gasteiger partial charge on any atom is -0.493 e. The molecule has 1 aromatic heterocycles. The standard InChI is InChI=1S/C25H25N5O6S/c1-5-29-14-22(36-28-29)27-21(31)15-37-25-26-18(24(32)30(25)17-9-7-6-8-10-17)11-16-12-19(33-2)23(35-4)20(13-16)34-3/h6-14H,5,15H2,1-4H3/p+1/b18-11+. The number of aromatic nitrogens is 2. The largest absolute Gasteiger partial charge is 0.493 e. The molecule has 0 bridgehead atoms. The summed E-state index contributed by atoms with van der Waals surface area (Å²) in [5.74, 6) is 0.922. The molecule has 4 rings (SSSR count). The van der Waals surface area contributed by atoms with E-state index in [0.717, 1.165) is 11.8 Å². The third kappa shape index (κ3) is 5.75. The SMILES string of the molecule is CC[n+]1cc(NC(=O)CSC2=N/C(=C/c3cc(OC)c(OC)c(OC)c3)C(=O)N2c2ccccc2)on1. The highest BCUT2D eigenvalue weighted by Gasteiger charge is 2.32. The van der Waals surface area contributed by atoms with Gasteiger partial charge in [0.1, 0.15) is 5.70 Å². The number of nitrogens with one attached hydrogen (secondary N) is 1. The van der Waals surface area contributed by atoms with Crippen LogP contribution in [0.25, 0.3) is 6.08 Å². The van der Waals surface area contributed by atoms with E-state index in [1.165, 1.54) is 26.2 Å². The number of amidine groups is 1. The Morgan fingerprint density at radius 2 is 1.84 bits per heavy atom. The highest BCUT2D eigenvalue weighted by atomic mass is 32.2. The van der Waals surface area contributed by atoms with Crippen molar-refractivity contribution in [2.45, 2.75) is 13.5 Å². The quantitative estimate of drug-likeness (QED) is 0.335. The van der Waals surface area contributed by atoms with E-state index >= 15 is 0 Å². The second-order valence-corrected chi connectivity index (χ2v) is 8.56. The van der Waals surface area contributed by atoms with Gasteiger partial charge in [-0.25, -0.2) is 4.99 Å². The molecule has 0 saturated carbocycles. The summed E-state index contributed by atoms with van der Waals surface area (Å²) in [4.78, 5) is 32.0. The van der Waals surface area contributed by atoms with Gasteiger partial charge in [0.2, 0.25) is 16.9 Å². The highest BCUT2D eigenvalue weighted by Crippen LogP contribution is 2.39. The van der Waals surface area contributed by atoms with E-state index in [9.17, 15) is 9.59 Å². The fourth-order valence-corrected chi connectivity index (χ4v) is 4.34. The number of carbonyl (C=O) groups is 2. The summed E-state index contributed by atoms with van der Waals surface area (Å²) in [5, 5.41) is 6.80. The summed E-state index contributed by atoms with van der Waals surface area (Å²) in [6.07, 6.45) is 3.22. The number of hydrogen-bond donors (Lipinski definition) is 1. The fourth-order valence-electron chi connectivity index (χ4n) is 3.53. The second kappa shape index (κ2) is 11.6. The monoisotopic (exact) mass is 524 g/mol. The van der Waals surface area contributed by atoms with Gasteiger partial charge in [-0.15, -0.1) is 0 Å². The van der Waals surface area contributed by atoms with Gasteiger partial charge in [0.05, 0.1) is 32.8 Å². The lowest BCUT2D eigenvalue weighted by Crippen LogP contribution is -2.33. The van der Waals surface area contributed by atoms with E-state index in [0.29, 0.717) is 40.2 Å². The van der Waals surface area contributed by atoms with Crippen LogP contribution < -0.4 is 29.1 Å². The zero-order chi connectivity index (χ0) is 26.4. The number of hydrogen-bond acceptors (Lipinski definition) is 9. The van der Waals surface area contributed by atoms with Crippen molar-refractivity contribution in [3.8, 4) is 17.2 Å². The summed E-state index contributed by atoms with van der Waals surface area (Å²) in [7, 11) is 4.56. The number of ether oxygens (including phenoxy) is 3. The van der Waals surface area contributed by atoms with Crippen LogP contribution in [-0.2, 0) is 16.1 Å². The molecule has 0 spiro atoms. The fraction of sp³-hybridized carbons (Fsp3) is 0.240. The predicted molar refractivity (Wildman–Crippen MR) is 139 cm³/mol.